The van der Waals surface area contributed by atoms with Crippen LogP contribution in [0.5, 0.6) is 0 Å². The van der Waals surface area contributed by atoms with Crippen LogP contribution in [0.1, 0.15) is 24.6 Å². The lowest BCUT2D eigenvalue weighted by atomic mass is 10.1. The SMILES string of the molecule is C1CC1c1nsc(N2CCN(C3CNC3)CC2)n1. The van der Waals surface area contributed by atoms with E-state index in [9.17, 15) is 0 Å². The molecule has 0 spiro atoms. The highest BCUT2D eigenvalue weighted by Gasteiger charge is 2.31. The van der Waals surface area contributed by atoms with Gasteiger partial charge in [-0.15, -0.1) is 0 Å². The van der Waals surface area contributed by atoms with Crippen LogP contribution in [0, 0.1) is 0 Å². The minimum absolute atomic E-state index is 0.678. The quantitative estimate of drug-likeness (QED) is 0.863. The van der Waals surface area contributed by atoms with E-state index in [2.05, 4.69) is 19.5 Å². The lowest BCUT2D eigenvalue weighted by molar-refractivity contribution is 0.138. The molecule has 3 heterocycles. The van der Waals surface area contributed by atoms with Crippen molar-refractivity contribution >= 4 is 16.7 Å². The Hall–Kier alpha value is -0.720. The molecule has 1 aliphatic carbocycles. The summed E-state index contributed by atoms with van der Waals surface area (Å²) < 4.78 is 4.50. The van der Waals surface area contributed by atoms with Gasteiger partial charge in [0, 0.05) is 62.8 Å². The molecule has 0 radical (unpaired) electrons. The summed E-state index contributed by atoms with van der Waals surface area (Å²) in [6.07, 6.45) is 2.58. The van der Waals surface area contributed by atoms with Gasteiger partial charge in [-0.25, -0.2) is 4.98 Å². The topological polar surface area (TPSA) is 44.3 Å². The second kappa shape index (κ2) is 4.43. The first-order valence-corrected chi connectivity index (χ1v) is 7.71. The first kappa shape index (κ1) is 11.1. The zero-order valence-corrected chi connectivity index (χ0v) is 11.3. The molecule has 18 heavy (non-hydrogen) atoms. The molecule has 1 aromatic rings. The molecule has 1 saturated carbocycles. The average molecular weight is 265 g/mol. The van der Waals surface area contributed by atoms with Crippen LogP contribution in [0.15, 0.2) is 0 Å². The fourth-order valence-electron chi connectivity index (χ4n) is 2.67. The number of aromatic nitrogens is 2. The third-order valence-electron chi connectivity index (χ3n) is 4.23. The third kappa shape index (κ3) is 2.02. The van der Waals surface area contributed by atoms with E-state index in [0.717, 1.165) is 30.1 Å². The maximum absolute atomic E-state index is 4.70. The van der Waals surface area contributed by atoms with E-state index in [1.165, 1.54) is 39.0 Å². The van der Waals surface area contributed by atoms with Gasteiger partial charge < -0.3 is 10.2 Å². The number of nitrogens with one attached hydrogen (secondary N) is 1. The van der Waals surface area contributed by atoms with Gasteiger partial charge in [-0.05, 0) is 12.8 Å². The number of anilines is 1. The molecule has 2 aliphatic heterocycles. The Kier molecular flexibility index (Phi) is 2.74. The number of piperazine rings is 1. The summed E-state index contributed by atoms with van der Waals surface area (Å²) in [5.74, 6) is 1.78. The number of nitrogens with zero attached hydrogens (tertiary/aromatic N) is 4. The molecule has 3 aliphatic rings. The summed E-state index contributed by atoms with van der Waals surface area (Å²) in [5, 5.41) is 4.49. The zero-order chi connectivity index (χ0) is 11.9. The molecule has 1 N–H and O–H groups in total. The van der Waals surface area contributed by atoms with E-state index in [0.29, 0.717) is 5.92 Å². The summed E-state index contributed by atoms with van der Waals surface area (Å²) in [7, 11) is 0. The van der Waals surface area contributed by atoms with Crippen molar-refractivity contribution in [1.29, 1.82) is 0 Å². The molecule has 0 atom stereocenters. The van der Waals surface area contributed by atoms with Gasteiger partial charge in [-0.1, -0.05) is 0 Å². The second-order valence-electron chi connectivity index (χ2n) is 5.54. The molecule has 0 amide bonds. The van der Waals surface area contributed by atoms with Crippen molar-refractivity contribution in [3.05, 3.63) is 5.82 Å². The molecule has 5 nitrogen and oxygen atoms in total. The largest absolute Gasteiger partial charge is 0.344 e. The fourth-order valence-corrected chi connectivity index (χ4v) is 3.47. The summed E-state index contributed by atoms with van der Waals surface area (Å²) in [5.41, 5.74) is 0. The van der Waals surface area contributed by atoms with E-state index in [-0.39, 0.29) is 0 Å². The first-order valence-electron chi connectivity index (χ1n) is 6.93. The van der Waals surface area contributed by atoms with Crippen molar-refractivity contribution in [2.75, 3.05) is 44.2 Å². The predicted octanol–water partition coefficient (Wildman–Crippen LogP) is 0.509. The minimum atomic E-state index is 0.678. The zero-order valence-electron chi connectivity index (χ0n) is 10.5. The van der Waals surface area contributed by atoms with Crippen molar-refractivity contribution in [2.45, 2.75) is 24.8 Å². The number of hydrogen-bond donors (Lipinski definition) is 1. The van der Waals surface area contributed by atoms with Crippen molar-refractivity contribution in [2.24, 2.45) is 0 Å². The van der Waals surface area contributed by atoms with E-state index in [4.69, 9.17) is 4.98 Å². The molecule has 3 fully saturated rings. The summed E-state index contributed by atoms with van der Waals surface area (Å²) in [4.78, 5) is 9.72. The highest BCUT2D eigenvalue weighted by molar-refractivity contribution is 7.09. The summed E-state index contributed by atoms with van der Waals surface area (Å²) in [6.45, 7) is 6.90. The Bertz CT molecular complexity index is 418. The molecule has 4 rings (SSSR count). The molecule has 98 valence electrons. The highest BCUT2D eigenvalue weighted by atomic mass is 32.1. The molecule has 0 aromatic carbocycles. The van der Waals surface area contributed by atoms with Crippen LogP contribution in [0.25, 0.3) is 0 Å². The van der Waals surface area contributed by atoms with E-state index < -0.39 is 0 Å². The molecule has 6 heteroatoms. The monoisotopic (exact) mass is 265 g/mol. The van der Waals surface area contributed by atoms with Crippen LogP contribution in [0.4, 0.5) is 5.13 Å². The van der Waals surface area contributed by atoms with Crippen LogP contribution in [0.2, 0.25) is 0 Å². The van der Waals surface area contributed by atoms with Crippen molar-refractivity contribution < 1.29 is 0 Å². The lowest BCUT2D eigenvalue weighted by Gasteiger charge is -2.43. The number of hydrogen-bond acceptors (Lipinski definition) is 6. The Morgan fingerprint density at radius 3 is 2.50 bits per heavy atom. The van der Waals surface area contributed by atoms with Gasteiger partial charge in [0.25, 0.3) is 0 Å². The van der Waals surface area contributed by atoms with E-state index in [1.54, 1.807) is 11.5 Å². The summed E-state index contributed by atoms with van der Waals surface area (Å²) in [6, 6.07) is 0.781. The molecule has 0 bridgehead atoms. The van der Waals surface area contributed by atoms with Crippen LogP contribution in [-0.4, -0.2) is 59.6 Å². The number of rotatable bonds is 3. The fraction of sp³-hybridized carbons (Fsp3) is 0.833. The van der Waals surface area contributed by atoms with E-state index in [1.807, 2.05) is 0 Å². The Morgan fingerprint density at radius 2 is 1.89 bits per heavy atom. The van der Waals surface area contributed by atoms with Gasteiger partial charge in [0.1, 0.15) is 5.82 Å². The van der Waals surface area contributed by atoms with Crippen LogP contribution >= 0.6 is 11.5 Å². The molecule has 2 saturated heterocycles. The highest BCUT2D eigenvalue weighted by Crippen LogP contribution is 2.39. The average Bonchev–Trinajstić information content (AvgIpc) is 3.07. The predicted molar refractivity (Wildman–Crippen MR) is 72.3 cm³/mol. The van der Waals surface area contributed by atoms with Gasteiger partial charge in [0.15, 0.2) is 0 Å². The maximum atomic E-state index is 4.70. The van der Waals surface area contributed by atoms with Gasteiger partial charge in [0.2, 0.25) is 5.13 Å². The van der Waals surface area contributed by atoms with Gasteiger partial charge in [-0.3, -0.25) is 4.90 Å². The molecular weight excluding hydrogens is 246 g/mol. The van der Waals surface area contributed by atoms with E-state index >= 15 is 0 Å². The standard InChI is InChI=1S/C12H19N5S/c1-2-9(1)11-14-12(18-15-11)17-5-3-16(4-6-17)10-7-13-8-10/h9-10,13H,1-8H2. The Labute approximate surface area is 111 Å². The summed E-state index contributed by atoms with van der Waals surface area (Å²) >= 11 is 1.59. The first-order chi connectivity index (χ1) is 8.90. The van der Waals surface area contributed by atoms with Crippen LogP contribution < -0.4 is 10.2 Å². The third-order valence-corrected chi connectivity index (χ3v) is 5.03. The van der Waals surface area contributed by atoms with Crippen molar-refractivity contribution in [1.82, 2.24) is 19.6 Å². The molecule has 1 aromatic heterocycles. The second-order valence-corrected chi connectivity index (χ2v) is 6.27. The Balaban J connectivity index is 1.37. The molecule has 0 unspecified atom stereocenters. The van der Waals surface area contributed by atoms with Crippen molar-refractivity contribution in [3.63, 3.8) is 0 Å². The smallest absolute Gasteiger partial charge is 0.205 e. The minimum Gasteiger partial charge on any atom is -0.344 e. The van der Waals surface area contributed by atoms with Gasteiger partial charge in [-0.2, -0.15) is 4.37 Å². The lowest BCUT2D eigenvalue weighted by Crippen LogP contribution is -2.61. The molecular formula is C12H19N5S. The van der Waals surface area contributed by atoms with Crippen molar-refractivity contribution in [3.8, 4) is 0 Å². The van der Waals surface area contributed by atoms with Crippen LogP contribution in [0.3, 0.4) is 0 Å². The maximum Gasteiger partial charge on any atom is 0.205 e. The normalized spacial score (nSPS) is 26.3. The van der Waals surface area contributed by atoms with Gasteiger partial charge >= 0.3 is 0 Å². The van der Waals surface area contributed by atoms with Gasteiger partial charge in [0.05, 0.1) is 0 Å². The Morgan fingerprint density at radius 1 is 1.11 bits per heavy atom. The van der Waals surface area contributed by atoms with Crippen LogP contribution in [-0.2, 0) is 0 Å².